The van der Waals surface area contributed by atoms with Crippen molar-refractivity contribution in [3.63, 3.8) is 0 Å². The van der Waals surface area contributed by atoms with Crippen molar-refractivity contribution in [2.45, 2.75) is 11.4 Å². The lowest BCUT2D eigenvalue weighted by Crippen LogP contribution is -2.27. The Kier molecular flexibility index (Phi) is 5.45. The maximum absolute atomic E-state index is 11.8. The van der Waals surface area contributed by atoms with E-state index in [9.17, 15) is 13.2 Å². The molecule has 0 atom stereocenters. The molecule has 0 saturated heterocycles. The number of anilines is 1. The van der Waals surface area contributed by atoms with Gasteiger partial charge >= 0.3 is 4.87 Å². The lowest BCUT2D eigenvalue weighted by atomic mass is 10.3. The number of benzene rings is 1. The highest BCUT2D eigenvalue weighted by molar-refractivity contribution is 8.00. The van der Waals surface area contributed by atoms with E-state index in [4.69, 9.17) is 5.73 Å². The summed E-state index contributed by atoms with van der Waals surface area (Å²) in [5.74, 6) is 0.430. The normalized spacial score (nSPS) is 11.6. The molecule has 6 nitrogen and oxygen atoms in total. The second-order valence-corrected chi connectivity index (χ2v) is 8.17. The topological polar surface area (TPSA) is 105 Å². The molecule has 21 heavy (non-hydrogen) atoms. The molecule has 0 aliphatic rings. The van der Waals surface area contributed by atoms with Gasteiger partial charge in [0.05, 0.1) is 12.3 Å². The highest BCUT2D eigenvalue weighted by Gasteiger charge is 2.10. The van der Waals surface area contributed by atoms with E-state index in [1.165, 1.54) is 11.8 Å². The fourth-order valence-corrected chi connectivity index (χ4v) is 4.48. The monoisotopic (exact) mass is 345 g/mol. The number of nitrogens with one attached hydrogen (secondary N) is 2. The third-order valence-corrected chi connectivity index (χ3v) is 5.83. The number of hydrogen-bond donors (Lipinski definition) is 3. The number of hydrogen-bond acceptors (Lipinski definition) is 6. The molecule has 1 aromatic carbocycles. The molecular formula is C12H15N3O3S3. The van der Waals surface area contributed by atoms with Crippen molar-refractivity contribution in [3.8, 4) is 0 Å². The Labute approximate surface area is 130 Å². The molecule has 0 unspecified atom stereocenters. The smallest absolute Gasteiger partial charge is 0.304 e. The Morgan fingerprint density at radius 1 is 1.38 bits per heavy atom. The summed E-state index contributed by atoms with van der Waals surface area (Å²) < 4.78 is 26.1. The maximum Gasteiger partial charge on any atom is 0.304 e. The van der Waals surface area contributed by atoms with Crippen molar-refractivity contribution in [2.75, 3.05) is 17.2 Å². The second kappa shape index (κ2) is 7.12. The molecule has 0 aliphatic heterocycles. The molecule has 114 valence electrons. The van der Waals surface area contributed by atoms with E-state index in [1.54, 1.807) is 17.5 Å². The van der Waals surface area contributed by atoms with Crippen LogP contribution in [0.5, 0.6) is 0 Å². The van der Waals surface area contributed by atoms with E-state index in [-0.39, 0.29) is 17.2 Å². The fraction of sp³-hybridized carbons (Fsp3) is 0.250. The molecule has 2 rings (SSSR count). The molecule has 1 heterocycles. The Morgan fingerprint density at radius 3 is 2.86 bits per heavy atom. The van der Waals surface area contributed by atoms with Crippen molar-refractivity contribution < 1.29 is 8.42 Å². The van der Waals surface area contributed by atoms with Gasteiger partial charge in [0.25, 0.3) is 0 Å². The third kappa shape index (κ3) is 5.54. The van der Waals surface area contributed by atoms with Crippen molar-refractivity contribution >= 4 is 38.8 Å². The van der Waals surface area contributed by atoms with Gasteiger partial charge in [0.1, 0.15) is 0 Å². The number of thioether (sulfide) groups is 1. The van der Waals surface area contributed by atoms with Crippen molar-refractivity contribution in [1.29, 1.82) is 0 Å². The van der Waals surface area contributed by atoms with E-state index >= 15 is 0 Å². The Bertz CT molecular complexity index is 752. The first-order valence-electron chi connectivity index (χ1n) is 6.07. The summed E-state index contributed by atoms with van der Waals surface area (Å²) in [5, 5.41) is 1.60. The maximum atomic E-state index is 11.8. The molecule has 2 aromatic rings. The number of rotatable bonds is 7. The summed E-state index contributed by atoms with van der Waals surface area (Å²) in [4.78, 5) is 14.2. The predicted molar refractivity (Wildman–Crippen MR) is 87.1 cm³/mol. The van der Waals surface area contributed by atoms with Gasteiger partial charge in [-0.3, -0.25) is 4.79 Å². The Morgan fingerprint density at radius 2 is 2.19 bits per heavy atom. The molecule has 0 radical (unpaired) electrons. The summed E-state index contributed by atoms with van der Waals surface area (Å²) in [6, 6.07) is 7.30. The molecule has 0 spiro atoms. The van der Waals surface area contributed by atoms with Crippen molar-refractivity contribution in [3.05, 3.63) is 45.0 Å². The molecule has 0 saturated carbocycles. The van der Waals surface area contributed by atoms with Gasteiger partial charge in [0, 0.05) is 27.4 Å². The van der Waals surface area contributed by atoms with Crippen molar-refractivity contribution in [1.82, 2.24) is 9.71 Å². The molecular weight excluding hydrogens is 330 g/mol. The minimum atomic E-state index is -3.37. The first-order chi connectivity index (χ1) is 9.94. The average molecular weight is 345 g/mol. The zero-order valence-corrected chi connectivity index (χ0v) is 13.5. The van der Waals surface area contributed by atoms with Crippen LogP contribution in [-0.4, -0.2) is 24.9 Å². The van der Waals surface area contributed by atoms with Crippen molar-refractivity contribution in [2.24, 2.45) is 0 Å². The van der Waals surface area contributed by atoms with Gasteiger partial charge < -0.3 is 10.7 Å². The quantitative estimate of drug-likeness (QED) is 0.517. The molecule has 0 amide bonds. The van der Waals surface area contributed by atoms with Gasteiger partial charge in [0.2, 0.25) is 10.0 Å². The minimum Gasteiger partial charge on any atom is -0.399 e. The molecule has 9 heteroatoms. The number of aromatic nitrogens is 1. The molecule has 1 aromatic heterocycles. The number of H-pyrrole nitrogens is 1. The summed E-state index contributed by atoms with van der Waals surface area (Å²) in [7, 11) is -3.37. The first-order valence-corrected chi connectivity index (χ1v) is 9.59. The van der Waals surface area contributed by atoms with Crippen LogP contribution < -0.4 is 15.3 Å². The number of aromatic amines is 1. The summed E-state index contributed by atoms with van der Waals surface area (Å²) in [6.07, 6.45) is 0. The van der Waals surface area contributed by atoms with Gasteiger partial charge in [-0.05, 0) is 18.2 Å². The Hall–Kier alpha value is -1.29. The zero-order valence-electron chi connectivity index (χ0n) is 11.0. The summed E-state index contributed by atoms with van der Waals surface area (Å²) in [6.45, 7) is 0.101. The summed E-state index contributed by atoms with van der Waals surface area (Å²) >= 11 is 2.44. The van der Waals surface area contributed by atoms with Crippen LogP contribution in [0, 0.1) is 0 Å². The van der Waals surface area contributed by atoms with Crippen LogP contribution in [0.4, 0.5) is 5.69 Å². The molecule has 0 bridgehead atoms. The molecule has 0 aliphatic carbocycles. The van der Waals surface area contributed by atoms with E-state index < -0.39 is 10.0 Å². The minimum absolute atomic E-state index is 0.000828. The van der Waals surface area contributed by atoms with E-state index in [0.717, 1.165) is 16.2 Å². The van der Waals surface area contributed by atoms with Crippen LogP contribution in [0.1, 0.15) is 5.69 Å². The van der Waals surface area contributed by atoms with E-state index in [1.807, 2.05) is 12.1 Å². The second-order valence-electron chi connectivity index (χ2n) is 4.23. The predicted octanol–water partition coefficient (Wildman–Crippen LogP) is 1.23. The largest absolute Gasteiger partial charge is 0.399 e. The van der Waals surface area contributed by atoms with Crippen LogP contribution >= 0.6 is 23.1 Å². The number of thiazole rings is 1. The fourth-order valence-electron chi connectivity index (χ4n) is 1.53. The number of nitrogen functional groups attached to an aromatic ring is 1. The van der Waals surface area contributed by atoms with Crippen LogP contribution in [0.3, 0.4) is 0 Å². The average Bonchev–Trinajstić information content (AvgIpc) is 2.82. The number of sulfonamides is 1. The lowest BCUT2D eigenvalue weighted by Gasteiger charge is -2.06. The van der Waals surface area contributed by atoms with E-state index in [0.29, 0.717) is 17.1 Å². The first kappa shape index (κ1) is 16.1. The molecule has 0 fully saturated rings. The van der Waals surface area contributed by atoms with Gasteiger partial charge in [-0.1, -0.05) is 17.4 Å². The number of nitrogens with two attached hydrogens (primary N) is 1. The van der Waals surface area contributed by atoms with Crippen LogP contribution in [0.15, 0.2) is 39.3 Å². The standard InChI is InChI=1S/C12H15N3O3S3/c13-9-2-1-3-11(6-9)19-4-5-21(17,18)14-7-10-8-20-12(16)15-10/h1-3,6,8,14H,4-5,7,13H2,(H,15,16). The van der Waals surface area contributed by atoms with E-state index in [2.05, 4.69) is 9.71 Å². The van der Waals surface area contributed by atoms with Gasteiger partial charge in [0.15, 0.2) is 0 Å². The highest BCUT2D eigenvalue weighted by atomic mass is 32.2. The third-order valence-electron chi connectivity index (χ3n) is 2.53. The highest BCUT2D eigenvalue weighted by Crippen LogP contribution is 2.20. The zero-order chi connectivity index (χ0) is 15.3. The van der Waals surface area contributed by atoms with Gasteiger partial charge in [-0.2, -0.15) is 0 Å². The SMILES string of the molecule is Nc1cccc(SCCS(=O)(=O)NCc2csc(=O)[nH]2)c1. The van der Waals surface area contributed by atoms with Gasteiger partial charge in [-0.15, -0.1) is 11.8 Å². The van der Waals surface area contributed by atoms with Gasteiger partial charge in [-0.25, -0.2) is 13.1 Å². The lowest BCUT2D eigenvalue weighted by molar-refractivity contribution is 0.582. The van der Waals surface area contributed by atoms with Crippen LogP contribution in [-0.2, 0) is 16.6 Å². The Balaban J connectivity index is 1.80. The van der Waals surface area contributed by atoms with Crippen LogP contribution in [0.25, 0.3) is 0 Å². The summed E-state index contributed by atoms with van der Waals surface area (Å²) in [5.41, 5.74) is 6.88. The molecule has 4 N–H and O–H groups in total. The van der Waals surface area contributed by atoms with Crippen LogP contribution in [0.2, 0.25) is 0 Å².